The molecule has 1 fully saturated rings. The summed E-state index contributed by atoms with van der Waals surface area (Å²) in [4.78, 5) is 10.5. The molecule has 3 rings (SSSR count). The Morgan fingerprint density at radius 1 is 1.17 bits per heavy atom. The van der Waals surface area contributed by atoms with Gasteiger partial charge in [0.25, 0.3) is 0 Å². The second-order valence-electron chi connectivity index (χ2n) is 4.50. The number of aromatic nitrogens is 2. The summed E-state index contributed by atoms with van der Waals surface area (Å²) in [7, 11) is 0. The van der Waals surface area contributed by atoms with E-state index in [0.717, 1.165) is 49.6 Å². The highest BCUT2D eigenvalue weighted by Crippen LogP contribution is 2.14. The number of fused-ring (bicyclic) bond motifs is 1. The first-order chi connectivity index (χ1) is 8.83. The second-order valence-corrected chi connectivity index (χ2v) is 4.89. The Morgan fingerprint density at radius 2 is 1.94 bits per heavy atom. The SMILES string of the molecule is [S-]c1nc(C[NH+]2CCOCC2)nc2ccccc12. The van der Waals surface area contributed by atoms with Crippen LogP contribution in [0, 0.1) is 0 Å². The van der Waals surface area contributed by atoms with Crippen LogP contribution in [0.15, 0.2) is 29.3 Å². The molecule has 0 unspecified atom stereocenters. The smallest absolute Gasteiger partial charge is 0.182 e. The normalized spacial score (nSPS) is 17.1. The Labute approximate surface area is 111 Å². The lowest BCUT2D eigenvalue weighted by Crippen LogP contribution is -3.12. The van der Waals surface area contributed by atoms with E-state index >= 15 is 0 Å². The molecule has 0 bridgehead atoms. The third-order valence-corrected chi connectivity index (χ3v) is 3.53. The molecule has 2 heterocycles. The Hall–Kier alpha value is -1.30. The summed E-state index contributed by atoms with van der Waals surface area (Å²) in [5.74, 6) is 0.843. The van der Waals surface area contributed by atoms with Crippen molar-refractivity contribution in [3.63, 3.8) is 0 Å². The van der Waals surface area contributed by atoms with E-state index in [1.54, 1.807) is 0 Å². The van der Waals surface area contributed by atoms with Gasteiger partial charge in [-0.1, -0.05) is 23.2 Å². The third-order valence-electron chi connectivity index (χ3n) is 3.22. The highest BCUT2D eigenvalue weighted by molar-refractivity contribution is 7.59. The molecule has 1 aromatic heterocycles. The molecule has 1 aliphatic rings. The number of benzene rings is 1. The molecular weight excluding hydrogens is 246 g/mol. The molecule has 94 valence electrons. The second kappa shape index (κ2) is 5.14. The van der Waals surface area contributed by atoms with E-state index in [9.17, 15) is 0 Å². The fourth-order valence-electron chi connectivity index (χ4n) is 2.23. The van der Waals surface area contributed by atoms with E-state index in [1.165, 1.54) is 4.90 Å². The van der Waals surface area contributed by atoms with Crippen LogP contribution in [0.25, 0.3) is 10.9 Å². The van der Waals surface area contributed by atoms with Crippen LogP contribution in [0.2, 0.25) is 0 Å². The molecule has 1 aromatic carbocycles. The van der Waals surface area contributed by atoms with Crippen molar-refractivity contribution in [3.8, 4) is 0 Å². The molecule has 1 aliphatic heterocycles. The van der Waals surface area contributed by atoms with Crippen molar-refractivity contribution >= 4 is 23.5 Å². The van der Waals surface area contributed by atoms with Crippen LogP contribution >= 0.6 is 0 Å². The molecule has 1 saturated heterocycles. The summed E-state index contributed by atoms with van der Waals surface area (Å²) in [6, 6.07) is 7.91. The van der Waals surface area contributed by atoms with Crippen LogP contribution < -0.4 is 4.90 Å². The predicted molar refractivity (Wildman–Crippen MR) is 70.4 cm³/mol. The number of nitrogens with zero attached hydrogens (tertiary/aromatic N) is 2. The number of quaternary nitrogens is 1. The number of para-hydroxylation sites is 1. The van der Waals surface area contributed by atoms with Crippen LogP contribution in [0.4, 0.5) is 0 Å². The fraction of sp³-hybridized carbons (Fsp3) is 0.385. The lowest BCUT2D eigenvalue weighted by molar-refractivity contribution is -0.922. The van der Waals surface area contributed by atoms with E-state index in [1.807, 2.05) is 24.3 Å². The summed E-state index contributed by atoms with van der Waals surface area (Å²) >= 11 is 5.32. The molecule has 1 N–H and O–H groups in total. The summed E-state index contributed by atoms with van der Waals surface area (Å²) in [5.41, 5.74) is 0.945. The van der Waals surface area contributed by atoms with E-state index in [0.29, 0.717) is 5.03 Å². The summed E-state index contributed by atoms with van der Waals surface area (Å²) in [5, 5.41) is 1.62. The van der Waals surface area contributed by atoms with E-state index in [4.69, 9.17) is 17.4 Å². The van der Waals surface area contributed by atoms with Crippen LogP contribution in [-0.4, -0.2) is 36.3 Å². The van der Waals surface area contributed by atoms with E-state index in [-0.39, 0.29) is 0 Å². The Morgan fingerprint density at radius 3 is 2.78 bits per heavy atom. The summed E-state index contributed by atoms with van der Waals surface area (Å²) in [6.07, 6.45) is 0. The Kier molecular flexibility index (Phi) is 3.36. The van der Waals surface area contributed by atoms with Crippen LogP contribution in [-0.2, 0) is 23.9 Å². The average molecular weight is 261 g/mol. The molecule has 4 nitrogen and oxygen atoms in total. The lowest BCUT2D eigenvalue weighted by atomic mass is 10.2. The molecule has 0 radical (unpaired) electrons. The third kappa shape index (κ3) is 2.43. The van der Waals surface area contributed by atoms with Gasteiger partial charge < -0.3 is 22.3 Å². The number of hydrogen-bond donors (Lipinski definition) is 1. The minimum atomic E-state index is 0.656. The molecule has 0 atom stereocenters. The average Bonchev–Trinajstić information content (AvgIpc) is 2.40. The number of hydrogen-bond acceptors (Lipinski definition) is 4. The lowest BCUT2D eigenvalue weighted by Gasteiger charge is -2.23. The molecule has 0 spiro atoms. The maximum atomic E-state index is 5.35. The zero-order valence-corrected chi connectivity index (χ0v) is 10.9. The first-order valence-electron chi connectivity index (χ1n) is 6.17. The Bertz CT molecular complexity index is 555. The van der Waals surface area contributed by atoms with Gasteiger partial charge in [0.1, 0.15) is 19.6 Å². The van der Waals surface area contributed by atoms with Crippen LogP contribution in [0.1, 0.15) is 5.82 Å². The van der Waals surface area contributed by atoms with Crippen molar-refractivity contribution in [1.82, 2.24) is 9.97 Å². The highest BCUT2D eigenvalue weighted by atomic mass is 32.1. The van der Waals surface area contributed by atoms with Gasteiger partial charge in [-0.05, 0) is 11.5 Å². The zero-order chi connectivity index (χ0) is 12.4. The van der Waals surface area contributed by atoms with E-state index < -0.39 is 0 Å². The molecule has 2 aromatic rings. The van der Waals surface area contributed by atoms with Crippen molar-refractivity contribution in [2.24, 2.45) is 0 Å². The van der Waals surface area contributed by atoms with Crippen molar-refractivity contribution < 1.29 is 9.64 Å². The van der Waals surface area contributed by atoms with Crippen molar-refractivity contribution in [3.05, 3.63) is 30.1 Å². The topological polar surface area (TPSA) is 39.5 Å². The molecule has 0 saturated carbocycles. The molecule has 5 heteroatoms. The highest BCUT2D eigenvalue weighted by Gasteiger charge is 2.15. The largest absolute Gasteiger partial charge is 0.759 e. The van der Waals surface area contributed by atoms with Crippen molar-refractivity contribution in [1.29, 1.82) is 0 Å². The van der Waals surface area contributed by atoms with Gasteiger partial charge >= 0.3 is 0 Å². The maximum Gasteiger partial charge on any atom is 0.182 e. The standard InChI is InChI=1S/C13H15N3OS/c18-13-10-3-1-2-4-11(10)14-12(15-13)9-16-5-7-17-8-6-16/h1-4H,5-9H2,(H,14,15,18). The van der Waals surface area contributed by atoms with Gasteiger partial charge in [-0.15, -0.1) is 0 Å². The molecule has 0 aliphatic carbocycles. The minimum Gasteiger partial charge on any atom is -0.759 e. The maximum absolute atomic E-state index is 5.35. The van der Waals surface area contributed by atoms with Gasteiger partial charge in [-0.2, -0.15) is 0 Å². The zero-order valence-electron chi connectivity index (χ0n) is 10.1. The van der Waals surface area contributed by atoms with Gasteiger partial charge in [-0.3, -0.25) is 4.98 Å². The summed E-state index contributed by atoms with van der Waals surface area (Å²) in [6.45, 7) is 4.51. The number of rotatable bonds is 2. The molecular formula is C13H15N3OS. The van der Waals surface area contributed by atoms with Crippen molar-refractivity contribution in [2.45, 2.75) is 11.6 Å². The van der Waals surface area contributed by atoms with Crippen LogP contribution in [0.5, 0.6) is 0 Å². The minimum absolute atomic E-state index is 0.656. The predicted octanol–water partition coefficient (Wildman–Crippen LogP) is -0.0493. The van der Waals surface area contributed by atoms with Gasteiger partial charge in [0.05, 0.1) is 18.7 Å². The number of morpholine rings is 1. The van der Waals surface area contributed by atoms with Crippen LogP contribution in [0.3, 0.4) is 0 Å². The van der Waals surface area contributed by atoms with Gasteiger partial charge in [-0.25, -0.2) is 4.98 Å². The van der Waals surface area contributed by atoms with Gasteiger partial charge in [0, 0.05) is 0 Å². The fourth-order valence-corrected chi connectivity index (χ4v) is 2.51. The molecule has 0 amide bonds. The van der Waals surface area contributed by atoms with Gasteiger partial charge in [0.2, 0.25) is 0 Å². The van der Waals surface area contributed by atoms with E-state index in [2.05, 4.69) is 9.97 Å². The number of ether oxygens (including phenoxy) is 1. The van der Waals surface area contributed by atoms with Crippen molar-refractivity contribution in [2.75, 3.05) is 26.3 Å². The number of nitrogens with one attached hydrogen (secondary N) is 1. The monoisotopic (exact) mass is 261 g/mol. The first kappa shape index (κ1) is 11.8. The van der Waals surface area contributed by atoms with Gasteiger partial charge in [0.15, 0.2) is 5.82 Å². The first-order valence-corrected chi connectivity index (χ1v) is 6.58. The summed E-state index contributed by atoms with van der Waals surface area (Å²) < 4.78 is 5.35. The quantitative estimate of drug-likeness (QED) is 0.608. The Balaban J connectivity index is 1.87. The molecule has 18 heavy (non-hydrogen) atoms.